The van der Waals surface area contributed by atoms with Gasteiger partial charge in [-0.2, -0.15) is 5.10 Å². The second-order valence-corrected chi connectivity index (χ2v) is 7.14. The number of carbonyl (C=O) groups is 1. The summed E-state index contributed by atoms with van der Waals surface area (Å²) < 4.78 is 0. The second-order valence-electron chi connectivity index (χ2n) is 6.71. The Hall–Kier alpha value is -1.85. The number of hydrogen-bond donors (Lipinski definition) is 3. The average molecular weight is 345 g/mol. The minimum absolute atomic E-state index is 0.0898. The van der Waals surface area contributed by atoms with Crippen LogP contribution in [0, 0.1) is 0 Å². The van der Waals surface area contributed by atoms with Crippen molar-refractivity contribution in [3.05, 3.63) is 51.8 Å². The van der Waals surface area contributed by atoms with Gasteiger partial charge in [0.1, 0.15) is 0 Å². The fraction of sp³-hybridized carbons (Fsp3) is 0.444. The summed E-state index contributed by atoms with van der Waals surface area (Å²) in [6, 6.07) is 7.83. The number of nitrogens with zero attached hydrogens (tertiary/aromatic N) is 1. The molecule has 3 N–H and O–H groups in total. The third kappa shape index (κ3) is 2.72. The number of benzene rings is 1. The Morgan fingerprint density at radius 1 is 1.21 bits per heavy atom. The van der Waals surface area contributed by atoms with Crippen LogP contribution in [-0.2, 0) is 18.5 Å². The molecule has 0 spiro atoms. The molecule has 1 fully saturated rings. The van der Waals surface area contributed by atoms with Gasteiger partial charge < -0.3 is 10.6 Å². The highest BCUT2D eigenvalue weighted by atomic mass is 35.5. The van der Waals surface area contributed by atoms with Crippen LogP contribution in [0.15, 0.2) is 24.3 Å². The predicted molar refractivity (Wildman–Crippen MR) is 93.1 cm³/mol. The van der Waals surface area contributed by atoms with Gasteiger partial charge in [-0.15, -0.1) is 0 Å². The Bertz CT molecular complexity index is 747. The highest BCUT2D eigenvalue weighted by Gasteiger charge is 2.38. The summed E-state index contributed by atoms with van der Waals surface area (Å²) in [4.78, 5) is 12.9. The van der Waals surface area contributed by atoms with Crippen molar-refractivity contribution in [1.29, 1.82) is 0 Å². The Kier molecular flexibility index (Phi) is 4.06. The van der Waals surface area contributed by atoms with Crippen LogP contribution in [0.4, 0.5) is 0 Å². The van der Waals surface area contributed by atoms with Gasteiger partial charge in [-0.1, -0.05) is 36.6 Å². The maximum Gasteiger partial charge on any atom is 0.272 e. The standard InChI is InChI=1S/C18H21ClN4O/c19-13-5-3-12(4-6-13)18(8-1-2-9-18)21-17(24)16-14-11-20-10-7-15(14)22-23-16/h3-6,20H,1-2,7-11H2,(H,21,24)(H,22,23). The lowest BCUT2D eigenvalue weighted by atomic mass is 9.88. The maximum atomic E-state index is 12.9. The molecule has 2 aromatic rings. The summed E-state index contributed by atoms with van der Waals surface area (Å²) >= 11 is 6.02. The Balaban J connectivity index is 1.62. The number of aromatic amines is 1. The van der Waals surface area contributed by atoms with E-state index in [1.165, 1.54) is 0 Å². The minimum atomic E-state index is -0.310. The van der Waals surface area contributed by atoms with Crippen molar-refractivity contribution < 1.29 is 4.79 Å². The van der Waals surface area contributed by atoms with Crippen LogP contribution in [0.1, 0.15) is 53.0 Å². The third-order valence-electron chi connectivity index (χ3n) is 5.23. The number of amides is 1. The van der Waals surface area contributed by atoms with Gasteiger partial charge >= 0.3 is 0 Å². The quantitative estimate of drug-likeness (QED) is 0.801. The lowest BCUT2D eigenvalue weighted by molar-refractivity contribution is 0.0891. The van der Waals surface area contributed by atoms with E-state index < -0.39 is 0 Å². The van der Waals surface area contributed by atoms with E-state index in [2.05, 4.69) is 20.8 Å². The van der Waals surface area contributed by atoms with E-state index in [0.717, 1.165) is 55.5 Å². The molecule has 1 saturated carbocycles. The molecule has 2 heterocycles. The van der Waals surface area contributed by atoms with Crippen LogP contribution >= 0.6 is 11.6 Å². The van der Waals surface area contributed by atoms with E-state index in [1.807, 2.05) is 24.3 Å². The summed E-state index contributed by atoms with van der Waals surface area (Å²) in [7, 11) is 0. The van der Waals surface area contributed by atoms with E-state index in [9.17, 15) is 4.79 Å². The van der Waals surface area contributed by atoms with Crippen LogP contribution in [0.3, 0.4) is 0 Å². The van der Waals surface area contributed by atoms with Gasteiger partial charge in [0, 0.05) is 35.8 Å². The summed E-state index contributed by atoms with van der Waals surface area (Å²) in [6.07, 6.45) is 5.01. The first kappa shape index (κ1) is 15.7. The number of rotatable bonds is 3. The highest BCUT2D eigenvalue weighted by Crippen LogP contribution is 2.39. The molecule has 1 aliphatic heterocycles. The summed E-state index contributed by atoms with van der Waals surface area (Å²) in [5.41, 5.74) is 3.42. The largest absolute Gasteiger partial charge is 0.341 e. The number of halogens is 1. The third-order valence-corrected chi connectivity index (χ3v) is 5.48. The smallest absolute Gasteiger partial charge is 0.272 e. The number of carbonyl (C=O) groups excluding carboxylic acids is 1. The van der Waals surface area contributed by atoms with Crippen molar-refractivity contribution >= 4 is 17.5 Å². The molecular formula is C18H21ClN4O. The first-order valence-electron chi connectivity index (χ1n) is 8.53. The van der Waals surface area contributed by atoms with Crippen molar-refractivity contribution in [2.75, 3.05) is 6.54 Å². The lowest BCUT2D eigenvalue weighted by Crippen LogP contribution is -2.44. The molecule has 0 bridgehead atoms. The van der Waals surface area contributed by atoms with E-state index in [-0.39, 0.29) is 11.4 Å². The zero-order valence-electron chi connectivity index (χ0n) is 13.5. The van der Waals surface area contributed by atoms with E-state index in [0.29, 0.717) is 17.3 Å². The number of fused-ring (bicyclic) bond motifs is 1. The molecule has 2 aliphatic rings. The highest BCUT2D eigenvalue weighted by molar-refractivity contribution is 6.30. The molecule has 1 aliphatic carbocycles. The zero-order valence-corrected chi connectivity index (χ0v) is 14.2. The predicted octanol–water partition coefficient (Wildman–Crippen LogP) is 2.91. The molecule has 0 unspecified atom stereocenters. The first-order valence-corrected chi connectivity index (χ1v) is 8.91. The average Bonchev–Trinajstić information content (AvgIpc) is 3.23. The molecule has 0 atom stereocenters. The molecule has 126 valence electrons. The maximum absolute atomic E-state index is 12.9. The van der Waals surface area contributed by atoms with Crippen molar-refractivity contribution in [3.8, 4) is 0 Å². The van der Waals surface area contributed by atoms with Crippen LogP contribution in [0.5, 0.6) is 0 Å². The lowest BCUT2D eigenvalue weighted by Gasteiger charge is -2.31. The molecule has 1 amide bonds. The van der Waals surface area contributed by atoms with Crippen LogP contribution in [0.2, 0.25) is 5.02 Å². The van der Waals surface area contributed by atoms with Crippen molar-refractivity contribution in [1.82, 2.24) is 20.8 Å². The summed E-state index contributed by atoms with van der Waals surface area (Å²) in [6.45, 7) is 1.62. The number of hydrogen-bond acceptors (Lipinski definition) is 3. The molecule has 4 rings (SSSR count). The molecule has 6 heteroatoms. The molecule has 1 aromatic heterocycles. The minimum Gasteiger partial charge on any atom is -0.341 e. The van der Waals surface area contributed by atoms with E-state index >= 15 is 0 Å². The van der Waals surface area contributed by atoms with Crippen LogP contribution < -0.4 is 10.6 Å². The monoisotopic (exact) mass is 344 g/mol. The number of aromatic nitrogens is 2. The molecule has 5 nitrogen and oxygen atoms in total. The van der Waals surface area contributed by atoms with E-state index in [4.69, 9.17) is 11.6 Å². The number of H-pyrrole nitrogens is 1. The zero-order chi connectivity index (χ0) is 16.6. The van der Waals surface area contributed by atoms with Gasteiger partial charge in [-0.05, 0) is 30.5 Å². The van der Waals surface area contributed by atoms with Crippen LogP contribution in [-0.4, -0.2) is 22.6 Å². The van der Waals surface area contributed by atoms with Crippen molar-refractivity contribution in [3.63, 3.8) is 0 Å². The summed E-state index contributed by atoms with van der Waals surface area (Å²) in [5.74, 6) is -0.0898. The van der Waals surface area contributed by atoms with Gasteiger partial charge in [-0.25, -0.2) is 0 Å². The van der Waals surface area contributed by atoms with Gasteiger partial charge in [0.15, 0.2) is 5.69 Å². The molecule has 0 saturated heterocycles. The summed E-state index contributed by atoms with van der Waals surface area (Å²) in [5, 5.41) is 14.6. The van der Waals surface area contributed by atoms with Crippen molar-refractivity contribution in [2.45, 2.75) is 44.2 Å². The van der Waals surface area contributed by atoms with Crippen molar-refractivity contribution in [2.24, 2.45) is 0 Å². The van der Waals surface area contributed by atoms with Gasteiger partial charge in [0.2, 0.25) is 0 Å². The second kappa shape index (κ2) is 6.22. The van der Waals surface area contributed by atoms with Gasteiger partial charge in [0.05, 0.1) is 5.54 Å². The Labute approximate surface area is 146 Å². The molecular weight excluding hydrogens is 324 g/mol. The molecule has 0 radical (unpaired) electrons. The molecule has 24 heavy (non-hydrogen) atoms. The number of nitrogens with one attached hydrogen (secondary N) is 3. The fourth-order valence-electron chi connectivity index (χ4n) is 3.92. The Morgan fingerprint density at radius 2 is 1.96 bits per heavy atom. The van der Waals surface area contributed by atoms with E-state index in [1.54, 1.807) is 0 Å². The Morgan fingerprint density at radius 3 is 2.71 bits per heavy atom. The first-order chi connectivity index (χ1) is 11.7. The van der Waals surface area contributed by atoms with Crippen LogP contribution in [0.25, 0.3) is 0 Å². The SMILES string of the molecule is O=C(NC1(c2ccc(Cl)cc2)CCCC1)c1n[nH]c2c1CNCC2. The molecule has 1 aromatic carbocycles. The van der Waals surface area contributed by atoms with Gasteiger partial charge in [-0.3, -0.25) is 9.89 Å². The topological polar surface area (TPSA) is 69.8 Å². The normalized spacial score (nSPS) is 19.0. The fourth-order valence-corrected chi connectivity index (χ4v) is 4.05. The van der Waals surface area contributed by atoms with Gasteiger partial charge in [0.25, 0.3) is 5.91 Å².